The summed E-state index contributed by atoms with van der Waals surface area (Å²) in [6.45, 7) is 2.60. The van der Waals surface area contributed by atoms with Crippen molar-refractivity contribution in [2.75, 3.05) is 19.6 Å². The lowest BCUT2D eigenvalue weighted by molar-refractivity contribution is -0.135. The molecule has 0 bridgehead atoms. The van der Waals surface area contributed by atoms with E-state index in [0.29, 0.717) is 0 Å². The number of nitrogens with zero attached hydrogens (tertiary/aromatic N) is 1. The predicted molar refractivity (Wildman–Crippen MR) is 89.6 cm³/mol. The Balaban J connectivity index is 0.00000176. The van der Waals surface area contributed by atoms with Gasteiger partial charge in [-0.05, 0) is 31.5 Å². The molecule has 1 aromatic carbocycles. The first kappa shape index (κ1) is 17.1. The zero-order valence-electron chi connectivity index (χ0n) is 12.9. The Labute approximate surface area is 138 Å². The Morgan fingerprint density at radius 3 is 2.45 bits per heavy atom. The summed E-state index contributed by atoms with van der Waals surface area (Å²) in [4.78, 5) is 14.4. The number of nitrogens with one attached hydrogen (secondary N) is 1. The Morgan fingerprint density at radius 1 is 1.09 bits per heavy atom. The van der Waals surface area contributed by atoms with Crippen molar-refractivity contribution in [1.29, 1.82) is 0 Å². The molecule has 0 unspecified atom stereocenters. The lowest BCUT2D eigenvalue weighted by Gasteiger charge is -2.35. The summed E-state index contributed by atoms with van der Waals surface area (Å²) >= 11 is 0. The van der Waals surface area contributed by atoms with Crippen LogP contribution in [-0.4, -0.2) is 42.6 Å². The number of para-hydroxylation sites is 1. The van der Waals surface area contributed by atoms with Gasteiger partial charge in [-0.3, -0.25) is 4.79 Å². The molecule has 2 fully saturated rings. The highest BCUT2D eigenvalue weighted by molar-refractivity contribution is 5.85. The second-order valence-electron chi connectivity index (χ2n) is 5.96. The summed E-state index contributed by atoms with van der Waals surface area (Å²) in [5.74, 6) is 1.21. The number of likely N-dealkylation sites (tertiary alicyclic amines) is 1. The van der Waals surface area contributed by atoms with Crippen LogP contribution in [0.1, 0.15) is 32.1 Å². The van der Waals surface area contributed by atoms with E-state index in [-0.39, 0.29) is 30.5 Å². The van der Waals surface area contributed by atoms with Crippen molar-refractivity contribution in [1.82, 2.24) is 10.2 Å². The van der Waals surface area contributed by atoms with Crippen LogP contribution in [0, 0.1) is 0 Å². The zero-order valence-corrected chi connectivity index (χ0v) is 13.7. The average Bonchev–Trinajstić information content (AvgIpc) is 2.57. The van der Waals surface area contributed by atoms with Gasteiger partial charge in [-0.15, -0.1) is 12.4 Å². The van der Waals surface area contributed by atoms with Crippen molar-refractivity contribution in [3.8, 4) is 5.75 Å². The van der Waals surface area contributed by atoms with Crippen LogP contribution in [0.25, 0.3) is 0 Å². The highest BCUT2D eigenvalue weighted by atomic mass is 35.5. The van der Waals surface area contributed by atoms with Crippen LogP contribution in [0.2, 0.25) is 0 Å². The number of rotatable bonds is 3. The average molecular weight is 325 g/mol. The van der Waals surface area contributed by atoms with Gasteiger partial charge in [0.05, 0.1) is 6.04 Å². The van der Waals surface area contributed by atoms with Gasteiger partial charge in [-0.1, -0.05) is 24.6 Å². The van der Waals surface area contributed by atoms with Gasteiger partial charge < -0.3 is 15.0 Å². The van der Waals surface area contributed by atoms with Crippen molar-refractivity contribution >= 4 is 18.3 Å². The number of hydrogen-bond acceptors (Lipinski definition) is 3. The highest BCUT2D eigenvalue weighted by Crippen LogP contribution is 2.20. The van der Waals surface area contributed by atoms with Crippen molar-refractivity contribution in [3.05, 3.63) is 30.3 Å². The molecule has 5 heteroatoms. The lowest BCUT2D eigenvalue weighted by atomic mass is 10.0. The summed E-state index contributed by atoms with van der Waals surface area (Å²) in [5, 5.41) is 3.34. The van der Waals surface area contributed by atoms with Crippen LogP contribution in [-0.2, 0) is 4.79 Å². The van der Waals surface area contributed by atoms with E-state index in [1.165, 1.54) is 6.42 Å². The van der Waals surface area contributed by atoms with Crippen molar-refractivity contribution in [3.63, 3.8) is 0 Å². The maximum absolute atomic E-state index is 12.4. The number of piperidine rings is 2. The molecule has 0 radical (unpaired) electrons. The molecule has 0 aromatic heterocycles. The van der Waals surface area contributed by atoms with Gasteiger partial charge in [0, 0.05) is 25.9 Å². The van der Waals surface area contributed by atoms with E-state index >= 15 is 0 Å². The van der Waals surface area contributed by atoms with Crippen LogP contribution >= 0.6 is 12.4 Å². The molecule has 1 N–H and O–H groups in total. The SMILES string of the molecule is Cl.O=C([C@H]1CCCCN1)N1CCC(Oc2ccccc2)CC1. The van der Waals surface area contributed by atoms with Gasteiger partial charge in [0.1, 0.15) is 11.9 Å². The molecule has 1 amide bonds. The third-order valence-electron chi connectivity index (χ3n) is 4.41. The molecule has 0 saturated carbocycles. The lowest BCUT2D eigenvalue weighted by Crippen LogP contribution is -2.51. The number of ether oxygens (including phenoxy) is 1. The second-order valence-corrected chi connectivity index (χ2v) is 5.96. The molecular weight excluding hydrogens is 300 g/mol. The minimum Gasteiger partial charge on any atom is -0.490 e. The van der Waals surface area contributed by atoms with Gasteiger partial charge >= 0.3 is 0 Å². The first-order valence-corrected chi connectivity index (χ1v) is 8.07. The van der Waals surface area contributed by atoms with E-state index in [0.717, 1.165) is 51.1 Å². The van der Waals surface area contributed by atoms with Crippen molar-refractivity contribution < 1.29 is 9.53 Å². The number of halogens is 1. The minimum atomic E-state index is 0. The molecule has 4 nitrogen and oxygen atoms in total. The topological polar surface area (TPSA) is 41.6 Å². The zero-order chi connectivity index (χ0) is 14.5. The second kappa shape index (κ2) is 8.39. The largest absolute Gasteiger partial charge is 0.490 e. The first-order valence-electron chi connectivity index (χ1n) is 8.07. The monoisotopic (exact) mass is 324 g/mol. The third-order valence-corrected chi connectivity index (χ3v) is 4.41. The van der Waals surface area contributed by atoms with Gasteiger partial charge in [0.25, 0.3) is 0 Å². The molecular formula is C17H25ClN2O2. The Bertz CT molecular complexity index is 455. The van der Waals surface area contributed by atoms with E-state index in [1.807, 2.05) is 35.2 Å². The highest BCUT2D eigenvalue weighted by Gasteiger charge is 2.29. The number of carbonyl (C=O) groups excluding carboxylic acids is 1. The molecule has 1 aromatic rings. The van der Waals surface area contributed by atoms with E-state index < -0.39 is 0 Å². The molecule has 2 saturated heterocycles. The molecule has 0 spiro atoms. The smallest absolute Gasteiger partial charge is 0.239 e. The number of amides is 1. The number of hydrogen-bond donors (Lipinski definition) is 1. The normalized spacial score (nSPS) is 22.7. The maximum atomic E-state index is 12.4. The van der Waals surface area contributed by atoms with Gasteiger partial charge in [-0.25, -0.2) is 0 Å². The molecule has 2 aliphatic rings. The van der Waals surface area contributed by atoms with Crippen LogP contribution in [0.3, 0.4) is 0 Å². The Morgan fingerprint density at radius 2 is 1.82 bits per heavy atom. The predicted octanol–water partition coefficient (Wildman–Crippen LogP) is 2.62. The number of carbonyl (C=O) groups is 1. The molecule has 122 valence electrons. The third kappa shape index (κ3) is 4.37. The summed E-state index contributed by atoms with van der Waals surface area (Å²) in [6.07, 6.45) is 5.42. The first-order chi connectivity index (χ1) is 10.3. The van der Waals surface area contributed by atoms with Crippen molar-refractivity contribution in [2.24, 2.45) is 0 Å². The van der Waals surface area contributed by atoms with E-state index in [9.17, 15) is 4.79 Å². The summed E-state index contributed by atoms with van der Waals surface area (Å²) in [6, 6.07) is 9.99. The minimum absolute atomic E-state index is 0. The molecule has 3 rings (SSSR count). The van der Waals surface area contributed by atoms with Crippen LogP contribution in [0.4, 0.5) is 0 Å². The number of benzene rings is 1. The standard InChI is InChI=1S/C17H24N2O2.ClH/c20-17(16-8-4-5-11-18-16)19-12-9-15(10-13-19)21-14-6-2-1-3-7-14;/h1-3,6-7,15-16,18H,4-5,8-13H2;1H/t16-;/m1./s1. The van der Waals surface area contributed by atoms with Crippen molar-refractivity contribution in [2.45, 2.75) is 44.2 Å². The van der Waals surface area contributed by atoms with Crippen LogP contribution in [0.15, 0.2) is 30.3 Å². The van der Waals surface area contributed by atoms with E-state index in [2.05, 4.69) is 5.32 Å². The Kier molecular flexibility index (Phi) is 6.52. The summed E-state index contributed by atoms with van der Waals surface area (Å²) in [7, 11) is 0. The van der Waals surface area contributed by atoms with E-state index in [4.69, 9.17) is 4.74 Å². The van der Waals surface area contributed by atoms with Gasteiger partial charge in [0.15, 0.2) is 0 Å². The van der Waals surface area contributed by atoms with Crippen LogP contribution < -0.4 is 10.1 Å². The maximum Gasteiger partial charge on any atom is 0.239 e. The Hall–Kier alpha value is -1.26. The molecule has 2 aliphatic heterocycles. The van der Waals surface area contributed by atoms with Gasteiger partial charge in [-0.2, -0.15) is 0 Å². The molecule has 0 aliphatic carbocycles. The molecule has 2 heterocycles. The molecule has 1 atom stereocenters. The van der Waals surface area contributed by atoms with Crippen LogP contribution in [0.5, 0.6) is 5.75 Å². The van der Waals surface area contributed by atoms with Gasteiger partial charge in [0.2, 0.25) is 5.91 Å². The van der Waals surface area contributed by atoms with E-state index in [1.54, 1.807) is 0 Å². The summed E-state index contributed by atoms with van der Waals surface area (Å²) in [5.41, 5.74) is 0. The summed E-state index contributed by atoms with van der Waals surface area (Å²) < 4.78 is 5.98. The quantitative estimate of drug-likeness (QED) is 0.929. The fourth-order valence-electron chi connectivity index (χ4n) is 3.17. The fraction of sp³-hybridized carbons (Fsp3) is 0.588. The fourth-order valence-corrected chi connectivity index (χ4v) is 3.17. The molecule has 22 heavy (non-hydrogen) atoms.